The number of halogens is 2. The molecule has 0 saturated carbocycles. The van der Waals surface area contributed by atoms with E-state index in [0.717, 1.165) is 14.5 Å². The molecule has 3 rings (SSSR count). The van der Waals surface area contributed by atoms with Crippen molar-refractivity contribution >= 4 is 33.5 Å². The maximum Gasteiger partial charge on any atom is 0.129 e. The zero-order valence-corrected chi connectivity index (χ0v) is 11.6. The first-order valence-electron chi connectivity index (χ1n) is 5.57. The molecular weight excluding hydrogens is 342 g/mol. The standard InChI is InChI=1S/C14H10FIN2/c15-13-7-12(16)2-1-11(13)9-18-6-4-10-3-5-17-8-14(10)18/h1-8H,9H2. The molecule has 1 aromatic carbocycles. The van der Waals surface area contributed by atoms with E-state index in [9.17, 15) is 4.39 Å². The SMILES string of the molecule is Fc1cc(I)ccc1Cn1ccc2ccncc21. The lowest BCUT2D eigenvalue weighted by Crippen LogP contribution is -2.00. The van der Waals surface area contributed by atoms with Gasteiger partial charge >= 0.3 is 0 Å². The fourth-order valence-electron chi connectivity index (χ4n) is 2.00. The van der Waals surface area contributed by atoms with Crippen LogP contribution in [0.2, 0.25) is 0 Å². The summed E-state index contributed by atoms with van der Waals surface area (Å²) in [6, 6.07) is 9.28. The van der Waals surface area contributed by atoms with E-state index in [0.29, 0.717) is 12.1 Å². The predicted molar refractivity (Wildman–Crippen MR) is 78.0 cm³/mol. The molecule has 0 unspecified atom stereocenters. The largest absolute Gasteiger partial charge is 0.342 e. The van der Waals surface area contributed by atoms with Crippen LogP contribution in [0.15, 0.2) is 48.9 Å². The van der Waals surface area contributed by atoms with E-state index in [1.165, 1.54) is 0 Å². The Morgan fingerprint density at radius 2 is 2.11 bits per heavy atom. The van der Waals surface area contributed by atoms with Crippen LogP contribution < -0.4 is 0 Å². The van der Waals surface area contributed by atoms with E-state index in [1.807, 2.05) is 35.0 Å². The summed E-state index contributed by atoms with van der Waals surface area (Å²) in [6.07, 6.45) is 5.53. The quantitative estimate of drug-likeness (QED) is 0.641. The second kappa shape index (κ2) is 4.68. The van der Waals surface area contributed by atoms with Crippen molar-refractivity contribution < 1.29 is 4.39 Å². The van der Waals surface area contributed by atoms with Crippen LogP contribution in [0.25, 0.3) is 10.9 Å². The van der Waals surface area contributed by atoms with Gasteiger partial charge in [0.05, 0.1) is 18.3 Å². The molecule has 0 aliphatic heterocycles. The van der Waals surface area contributed by atoms with Crippen molar-refractivity contribution in [2.24, 2.45) is 0 Å². The summed E-state index contributed by atoms with van der Waals surface area (Å²) in [6.45, 7) is 0.526. The first-order chi connectivity index (χ1) is 8.74. The maximum absolute atomic E-state index is 13.8. The predicted octanol–water partition coefficient (Wildman–Crippen LogP) is 3.83. The summed E-state index contributed by atoms with van der Waals surface area (Å²) < 4.78 is 16.7. The Morgan fingerprint density at radius 1 is 1.22 bits per heavy atom. The number of pyridine rings is 1. The molecular formula is C14H10FIN2. The Labute approximate surface area is 118 Å². The van der Waals surface area contributed by atoms with Crippen LogP contribution in [-0.4, -0.2) is 9.55 Å². The van der Waals surface area contributed by atoms with Gasteiger partial charge in [0.2, 0.25) is 0 Å². The van der Waals surface area contributed by atoms with Crippen molar-refractivity contribution in [1.29, 1.82) is 0 Å². The molecule has 0 fully saturated rings. The van der Waals surface area contributed by atoms with Crippen LogP contribution in [0, 0.1) is 9.39 Å². The van der Waals surface area contributed by atoms with Gasteiger partial charge in [0, 0.05) is 26.9 Å². The van der Waals surface area contributed by atoms with Gasteiger partial charge in [0.15, 0.2) is 0 Å². The van der Waals surface area contributed by atoms with E-state index in [2.05, 4.69) is 27.6 Å². The third-order valence-electron chi connectivity index (χ3n) is 2.93. The molecule has 2 aromatic heterocycles. The highest BCUT2D eigenvalue weighted by molar-refractivity contribution is 14.1. The van der Waals surface area contributed by atoms with Crippen LogP contribution in [0.3, 0.4) is 0 Å². The first kappa shape index (κ1) is 11.6. The summed E-state index contributed by atoms with van der Waals surface area (Å²) in [5, 5.41) is 1.12. The number of aromatic nitrogens is 2. The van der Waals surface area contributed by atoms with Gasteiger partial charge in [-0.1, -0.05) is 6.07 Å². The van der Waals surface area contributed by atoms with Gasteiger partial charge in [-0.2, -0.15) is 0 Å². The van der Waals surface area contributed by atoms with E-state index in [4.69, 9.17) is 0 Å². The normalized spacial score (nSPS) is 11.0. The molecule has 90 valence electrons. The topological polar surface area (TPSA) is 17.8 Å². The van der Waals surface area contributed by atoms with Gasteiger partial charge in [-0.3, -0.25) is 4.98 Å². The number of fused-ring (bicyclic) bond motifs is 1. The minimum atomic E-state index is -0.160. The molecule has 0 aliphatic carbocycles. The van der Waals surface area contributed by atoms with Gasteiger partial charge in [-0.25, -0.2) is 4.39 Å². The van der Waals surface area contributed by atoms with E-state index < -0.39 is 0 Å². The van der Waals surface area contributed by atoms with Crippen LogP contribution in [0.4, 0.5) is 4.39 Å². The third-order valence-corrected chi connectivity index (χ3v) is 3.60. The zero-order valence-electron chi connectivity index (χ0n) is 9.48. The number of nitrogens with zero attached hydrogens (tertiary/aromatic N) is 2. The van der Waals surface area contributed by atoms with Crippen molar-refractivity contribution in [3.63, 3.8) is 0 Å². The van der Waals surface area contributed by atoms with Crippen LogP contribution in [0.1, 0.15) is 5.56 Å². The first-order valence-corrected chi connectivity index (χ1v) is 6.65. The van der Waals surface area contributed by atoms with Crippen molar-refractivity contribution in [2.45, 2.75) is 6.54 Å². The molecule has 0 amide bonds. The molecule has 3 aromatic rings. The third kappa shape index (κ3) is 2.12. The second-order valence-corrected chi connectivity index (χ2v) is 5.36. The molecule has 0 saturated heterocycles. The van der Waals surface area contributed by atoms with Crippen molar-refractivity contribution in [3.8, 4) is 0 Å². The Kier molecular flexibility index (Phi) is 3.03. The Morgan fingerprint density at radius 3 is 2.94 bits per heavy atom. The van der Waals surface area contributed by atoms with Crippen LogP contribution >= 0.6 is 22.6 Å². The van der Waals surface area contributed by atoms with Crippen molar-refractivity contribution in [2.75, 3.05) is 0 Å². The smallest absolute Gasteiger partial charge is 0.129 e. The second-order valence-electron chi connectivity index (χ2n) is 4.11. The minimum absolute atomic E-state index is 0.160. The number of rotatable bonds is 2. The summed E-state index contributed by atoms with van der Waals surface area (Å²) in [7, 11) is 0. The molecule has 0 aliphatic rings. The van der Waals surface area contributed by atoms with Gasteiger partial charge in [-0.15, -0.1) is 0 Å². The number of benzene rings is 1. The van der Waals surface area contributed by atoms with Gasteiger partial charge in [0.25, 0.3) is 0 Å². The number of hydrogen-bond donors (Lipinski definition) is 0. The maximum atomic E-state index is 13.8. The van der Waals surface area contributed by atoms with Crippen LogP contribution in [0.5, 0.6) is 0 Å². The molecule has 0 N–H and O–H groups in total. The van der Waals surface area contributed by atoms with Gasteiger partial charge in [0.1, 0.15) is 5.82 Å². The summed E-state index contributed by atoms with van der Waals surface area (Å²) in [5.41, 5.74) is 1.72. The average molecular weight is 352 g/mol. The Balaban J connectivity index is 2.01. The minimum Gasteiger partial charge on any atom is -0.342 e. The van der Waals surface area contributed by atoms with Gasteiger partial charge < -0.3 is 4.57 Å². The highest BCUT2D eigenvalue weighted by Gasteiger charge is 2.06. The monoisotopic (exact) mass is 352 g/mol. The summed E-state index contributed by atoms with van der Waals surface area (Å²) in [5.74, 6) is -0.160. The summed E-state index contributed by atoms with van der Waals surface area (Å²) in [4.78, 5) is 4.11. The van der Waals surface area contributed by atoms with Crippen LogP contribution in [-0.2, 0) is 6.54 Å². The molecule has 18 heavy (non-hydrogen) atoms. The molecule has 0 radical (unpaired) electrons. The zero-order chi connectivity index (χ0) is 12.5. The molecule has 0 bridgehead atoms. The van der Waals surface area contributed by atoms with E-state index in [-0.39, 0.29) is 5.82 Å². The van der Waals surface area contributed by atoms with Crippen molar-refractivity contribution in [1.82, 2.24) is 9.55 Å². The molecule has 0 spiro atoms. The van der Waals surface area contributed by atoms with E-state index in [1.54, 1.807) is 18.5 Å². The fourth-order valence-corrected chi connectivity index (χ4v) is 2.45. The molecule has 2 heterocycles. The van der Waals surface area contributed by atoms with Crippen molar-refractivity contribution in [3.05, 3.63) is 63.9 Å². The molecule has 4 heteroatoms. The summed E-state index contributed by atoms with van der Waals surface area (Å²) >= 11 is 2.11. The highest BCUT2D eigenvalue weighted by Crippen LogP contribution is 2.18. The fraction of sp³-hybridized carbons (Fsp3) is 0.0714. The molecule has 2 nitrogen and oxygen atoms in total. The molecule has 0 atom stereocenters. The highest BCUT2D eigenvalue weighted by atomic mass is 127. The Bertz CT molecular complexity index is 706. The number of hydrogen-bond acceptors (Lipinski definition) is 1. The lowest BCUT2D eigenvalue weighted by molar-refractivity contribution is 0.601. The Hall–Kier alpha value is -1.43. The average Bonchev–Trinajstić information content (AvgIpc) is 2.76. The lowest BCUT2D eigenvalue weighted by Gasteiger charge is -2.07. The lowest BCUT2D eigenvalue weighted by atomic mass is 10.2. The van der Waals surface area contributed by atoms with Gasteiger partial charge in [-0.05, 0) is 46.9 Å². The van der Waals surface area contributed by atoms with E-state index >= 15 is 0 Å².